The number of aliphatic hydroxyl groups is 2. The number of hydrogen-bond acceptors (Lipinski definition) is 6. The van der Waals surface area contributed by atoms with E-state index in [1.54, 1.807) is 0 Å². The Morgan fingerprint density at radius 2 is 1.92 bits per heavy atom. The lowest BCUT2D eigenvalue weighted by molar-refractivity contribution is -0.00768. The highest BCUT2D eigenvalue weighted by atomic mass is 79.9. The van der Waals surface area contributed by atoms with Crippen molar-refractivity contribution in [3.8, 4) is 0 Å². The minimum Gasteiger partial charge on any atom is -0.390 e. The van der Waals surface area contributed by atoms with Crippen LogP contribution in [-0.4, -0.2) is 50.0 Å². The van der Waals surface area contributed by atoms with Gasteiger partial charge >= 0.3 is 0 Å². The quantitative estimate of drug-likeness (QED) is 0.505. The molecule has 0 bridgehead atoms. The van der Waals surface area contributed by atoms with E-state index in [1.807, 2.05) is 10.8 Å². The zero-order chi connectivity index (χ0) is 17.7. The highest BCUT2D eigenvalue weighted by Gasteiger charge is 2.46. The summed E-state index contributed by atoms with van der Waals surface area (Å²) in [6.07, 6.45) is 3.01. The van der Waals surface area contributed by atoms with E-state index in [-0.39, 0.29) is 29.7 Å². The highest BCUT2D eigenvalue weighted by Crippen LogP contribution is 2.44. The van der Waals surface area contributed by atoms with Crippen LogP contribution in [0.5, 0.6) is 0 Å². The van der Waals surface area contributed by atoms with E-state index < -0.39 is 12.2 Å². The molecule has 7 nitrogen and oxygen atoms in total. The first kappa shape index (κ1) is 20.1. The van der Waals surface area contributed by atoms with Crippen LogP contribution in [0.25, 0.3) is 11.0 Å². The fourth-order valence-corrected chi connectivity index (χ4v) is 5.19. The van der Waals surface area contributed by atoms with Gasteiger partial charge in [0.15, 0.2) is 0 Å². The van der Waals surface area contributed by atoms with Gasteiger partial charge in [0.25, 0.3) is 0 Å². The van der Waals surface area contributed by atoms with Gasteiger partial charge in [-0.3, -0.25) is 0 Å². The van der Waals surface area contributed by atoms with Crippen LogP contribution in [0.1, 0.15) is 25.3 Å². The Hall–Kier alpha value is -0.640. The van der Waals surface area contributed by atoms with E-state index in [4.69, 9.17) is 17.3 Å². The number of aliphatic hydroxyl groups excluding tert-OH is 2. The first-order valence-electron chi connectivity index (χ1n) is 8.53. The normalized spacial score (nSPS) is 29.8. The van der Waals surface area contributed by atoms with Crippen LogP contribution < -0.4 is 11.1 Å². The summed E-state index contributed by atoms with van der Waals surface area (Å²) in [4.78, 5) is 8.30. The Bertz CT molecular complexity index is 799. The molecular formula is C16H22BrCl2N5O2. The molecule has 2 aromatic heterocycles. The van der Waals surface area contributed by atoms with E-state index in [1.165, 1.54) is 0 Å². The Kier molecular flexibility index (Phi) is 6.01. The van der Waals surface area contributed by atoms with Gasteiger partial charge in [-0.25, -0.2) is 4.98 Å². The lowest BCUT2D eigenvalue weighted by Crippen LogP contribution is -2.37. The first-order chi connectivity index (χ1) is 12.0. The average molecular weight is 467 g/mol. The van der Waals surface area contributed by atoms with Gasteiger partial charge in [0.1, 0.15) is 17.6 Å². The number of nitrogen functional groups attached to an aromatic ring is 1. The molecule has 144 valence electrons. The van der Waals surface area contributed by atoms with Crippen molar-refractivity contribution in [1.82, 2.24) is 19.9 Å². The Morgan fingerprint density at radius 1 is 1.23 bits per heavy atom. The maximum Gasteiger partial charge on any atom is 0.226 e. The van der Waals surface area contributed by atoms with E-state index in [0.717, 1.165) is 30.4 Å². The summed E-state index contributed by atoms with van der Waals surface area (Å²) in [5, 5.41) is 25.5. The molecule has 1 saturated heterocycles. The van der Waals surface area contributed by atoms with Gasteiger partial charge in [0, 0.05) is 10.7 Å². The number of nitrogens with two attached hydrogens (primary N) is 1. The molecule has 4 atom stereocenters. The molecule has 3 heterocycles. The van der Waals surface area contributed by atoms with Crippen LogP contribution in [0, 0.1) is 11.8 Å². The fraction of sp³-hybridized carbons (Fsp3) is 0.625. The molecule has 2 aromatic rings. The van der Waals surface area contributed by atoms with Crippen LogP contribution in [-0.2, 0) is 0 Å². The van der Waals surface area contributed by atoms with E-state index in [2.05, 4.69) is 31.2 Å². The molecule has 0 aromatic carbocycles. The molecule has 1 saturated carbocycles. The molecule has 26 heavy (non-hydrogen) atoms. The largest absolute Gasteiger partial charge is 0.390 e. The predicted molar refractivity (Wildman–Crippen MR) is 107 cm³/mol. The number of piperidine rings is 1. The van der Waals surface area contributed by atoms with Crippen LogP contribution in [0.4, 0.5) is 5.82 Å². The van der Waals surface area contributed by atoms with Crippen LogP contribution in [0.2, 0.25) is 5.28 Å². The number of anilines is 1. The van der Waals surface area contributed by atoms with Crippen molar-refractivity contribution >= 4 is 56.8 Å². The maximum atomic E-state index is 10.7. The van der Waals surface area contributed by atoms with E-state index in [9.17, 15) is 10.2 Å². The minimum atomic E-state index is -0.850. The van der Waals surface area contributed by atoms with Gasteiger partial charge < -0.3 is 25.8 Å². The number of nitrogens with zero attached hydrogens (tertiary/aromatic N) is 3. The first-order valence-corrected chi connectivity index (χ1v) is 9.70. The van der Waals surface area contributed by atoms with E-state index >= 15 is 0 Å². The SMILES string of the molecule is Cl.Nc1nc(Cl)nc2c1c(Br)cn2[C@@H]1C[C@H](C2CCNCC2)[C@@H](O)[C@H]1O. The summed E-state index contributed by atoms with van der Waals surface area (Å²) >= 11 is 9.47. The fourth-order valence-electron chi connectivity index (χ4n) is 4.42. The van der Waals surface area contributed by atoms with E-state index in [0.29, 0.717) is 29.2 Å². The molecule has 0 spiro atoms. The van der Waals surface area contributed by atoms with Crippen LogP contribution in [0.15, 0.2) is 10.7 Å². The molecular weight excluding hydrogens is 445 g/mol. The van der Waals surface area contributed by atoms with Crippen molar-refractivity contribution in [2.45, 2.75) is 37.5 Å². The molecule has 1 aliphatic heterocycles. The Morgan fingerprint density at radius 3 is 2.62 bits per heavy atom. The predicted octanol–water partition coefficient (Wildman–Crippen LogP) is 2.13. The van der Waals surface area contributed by atoms with Crippen molar-refractivity contribution < 1.29 is 10.2 Å². The lowest BCUT2D eigenvalue weighted by Gasteiger charge is -2.30. The second-order valence-corrected chi connectivity index (χ2v) is 8.19. The summed E-state index contributed by atoms with van der Waals surface area (Å²) in [5.41, 5.74) is 6.55. The molecule has 0 amide bonds. The summed E-state index contributed by atoms with van der Waals surface area (Å²) in [6.45, 7) is 1.93. The average Bonchev–Trinajstić information content (AvgIpc) is 3.06. The second kappa shape index (κ2) is 7.77. The van der Waals surface area contributed by atoms with Crippen LogP contribution in [0.3, 0.4) is 0 Å². The standard InChI is InChI=1S/C16H21BrClN5O2.ClH/c17-9-6-23(15-11(9)14(19)21-16(18)22-15)10-5-8(12(24)13(10)25)7-1-3-20-4-2-7;/h6-8,10,12-13,20,24-25H,1-5H2,(H2,19,21,22);1H/t8-,10-,12-,13+;/m1./s1. The maximum absolute atomic E-state index is 10.7. The second-order valence-electron chi connectivity index (χ2n) is 7.00. The zero-order valence-electron chi connectivity index (χ0n) is 14.0. The molecule has 2 aliphatic rings. The molecule has 0 radical (unpaired) electrons. The molecule has 5 N–H and O–H groups in total. The van der Waals surface area contributed by atoms with Crippen molar-refractivity contribution in [2.24, 2.45) is 11.8 Å². The third kappa shape index (κ3) is 3.31. The highest BCUT2D eigenvalue weighted by molar-refractivity contribution is 9.10. The summed E-state index contributed by atoms with van der Waals surface area (Å²) in [6, 6.07) is -0.269. The smallest absolute Gasteiger partial charge is 0.226 e. The molecule has 4 rings (SSSR count). The summed E-state index contributed by atoms with van der Waals surface area (Å²) < 4.78 is 2.63. The van der Waals surface area contributed by atoms with Gasteiger partial charge in [0.05, 0.1) is 17.5 Å². The molecule has 2 fully saturated rings. The Labute approximate surface area is 170 Å². The number of halogens is 3. The number of nitrogens with one attached hydrogen (secondary N) is 1. The van der Waals surface area contributed by atoms with Gasteiger partial charge in [0.2, 0.25) is 5.28 Å². The van der Waals surface area contributed by atoms with Crippen molar-refractivity contribution in [3.05, 3.63) is 16.0 Å². The van der Waals surface area contributed by atoms with Crippen LogP contribution >= 0.6 is 39.9 Å². The van der Waals surface area contributed by atoms with Crippen molar-refractivity contribution in [3.63, 3.8) is 0 Å². The number of rotatable bonds is 2. The third-order valence-electron chi connectivity index (χ3n) is 5.67. The summed E-state index contributed by atoms with van der Waals surface area (Å²) in [7, 11) is 0. The van der Waals surface area contributed by atoms with Gasteiger partial charge in [-0.15, -0.1) is 12.4 Å². The van der Waals surface area contributed by atoms with Crippen molar-refractivity contribution in [1.29, 1.82) is 0 Å². The van der Waals surface area contributed by atoms with Gasteiger partial charge in [-0.1, -0.05) is 0 Å². The monoisotopic (exact) mass is 465 g/mol. The molecule has 1 aliphatic carbocycles. The Balaban J connectivity index is 0.00000196. The number of hydrogen-bond donors (Lipinski definition) is 4. The number of aromatic nitrogens is 3. The molecule has 10 heteroatoms. The third-order valence-corrected chi connectivity index (χ3v) is 6.44. The number of fused-ring (bicyclic) bond motifs is 1. The minimum absolute atomic E-state index is 0. The van der Waals surface area contributed by atoms with Crippen molar-refractivity contribution in [2.75, 3.05) is 18.8 Å². The van der Waals surface area contributed by atoms with Gasteiger partial charge in [-0.05, 0) is 71.7 Å². The van der Waals surface area contributed by atoms with Gasteiger partial charge in [-0.2, -0.15) is 4.98 Å². The zero-order valence-corrected chi connectivity index (χ0v) is 17.1. The summed E-state index contributed by atoms with van der Waals surface area (Å²) in [5.74, 6) is 0.793. The lowest BCUT2D eigenvalue weighted by atomic mass is 9.82. The topological polar surface area (TPSA) is 109 Å². The molecule has 0 unspecified atom stereocenters.